The molecule has 108 valence electrons. The van der Waals surface area contributed by atoms with E-state index in [-0.39, 0.29) is 6.10 Å². The van der Waals surface area contributed by atoms with Gasteiger partial charge in [-0.25, -0.2) is 9.97 Å². The first-order valence-electron chi connectivity index (χ1n) is 6.52. The highest BCUT2D eigenvalue weighted by Crippen LogP contribution is 2.31. The molecule has 1 fully saturated rings. The molecule has 2 aromatic heterocycles. The Bertz CT molecular complexity index is 610. The molecule has 1 aliphatic heterocycles. The van der Waals surface area contributed by atoms with E-state index in [1.165, 1.54) is 11.3 Å². The number of hydrogen-bond acceptors (Lipinski definition) is 6. The van der Waals surface area contributed by atoms with Crippen LogP contribution in [0.1, 0.15) is 40.2 Å². The molecule has 0 spiro atoms. The van der Waals surface area contributed by atoms with Crippen LogP contribution < -0.4 is 0 Å². The summed E-state index contributed by atoms with van der Waals surface area (Å²) in [6, 6.07) is 0. The van der Waals surface area contributed by atoms with Gasteiger partial charge in [0.2, 0.25) is 0 Å². The fraction of sp³-hybridized carbons (Fsp3) is 0.538. The van der Waals surface area contributed by atoms with E-state index in [0.29, 0.717) is 10.1 Å². The molecular formula is C13H16N2O2S3. The van der Waals surface area contributed by atoms with Crippen molar-refractivity contribution in [1.82, 2.24) is 9.97 Å². The summed E-state index contributed by atoms with van der Waals surface area (Å²) in [4.78, 5) is 10.1. The molecule has 3 rings (SSSR count). The molecule has 2 atom stereocenters. The number of ether oxygens (including phenoxy) is 1. The van der Waals surface area contributed by atoms with Crippen LogP contribution >= 0.6 is 22.7 Å². The van der Waals surface area contributed by atoms with Crippen LogP contribution in [-0.2, 0) is 21.3 Å². The largest absolute Gasteiger partial charge is 0.371 e. The number of aromatic nitrogens is 2. The summed E-state index contributed by atoms with van der Waals surface area (Å²) in [6.45, 7) is 4.78. The molecule has 0 saturated carbocycles. The fourth-order valence-corrected chi connectivity index (χ4v) is 5.39. The van der Waals surface area contributed by atoms with E-state index in [1.807, 2.05) is 19.2 Å². The van der Waals surface area contributed by atoms with Crippen molar-refractivity contribution >= 4 is 33.5 Å². The highest BCUT2D eigenvalue weighted by Gasteiger charge is 2.21. The van der Waals surface area contributed by atoms with Crippen molar-refractivity contribution in [2.75, 3.05) is 6.61 Å². The lowest BCUT2D eigenvalue weighted by atomic mass is 10.2. The van der Waals surface area contributed by atoms with Crippen molar-refractivity contribution in [2.24, 2.45) is 0 Å². The number of nitrogens with zero attached hydrogens (tertiary/aromatic N) is 2. The Morgan fingerprint density at radius 1 is 1.45 bits per heavy atom. The van der Waals surface area contributed by atoms with Gasteiger partial charge in [0.15, 0.2) is 4.34 Å². The van der Waals surface area contributed by atoms with Crippen LogP contribution in [-0.4, -0.2) is 20.8 Å². The summed E-state index contributed by atoms with van der Waals surface area (Å²) in [5.74, 6) is 0.440. The Labute approximate surface area is 128 Å². The fourth-order valence-electron chi connectivity index (χ4n) is 2.05. The summed E-state index contributed by atoms with van der Waals surface area (Å²) in [7, 11) is -1.10. The van der Waals surface area contributed by atoms with E-state index in [9.17, 15) is 4.21 Å². The van der Waals surface area contributed by atoms with Crippen molar-refractivity contribution in [3.05, 3.63) is 26.7 Å². The minimum absolute atomic E-state index is 0.145. The van der Waals surface area contributed by atoms with Gasteiger partial charge in [-0.15, -0.1) is 22.7 Å². The smallest absolute Gasteiger partial charge is 0.181 e. The lowest BCUT2D eigenvalue weighted by Gasteiger charge is -2.03. The first-order chi connectivity index (χ1) is 9.63. The van der Waals surface area contributed by atoms with E-state index in [2.05, 4.69) is 9.97 Å². The average Bonchev–Trinajstić information content (AvgIpc) is 3.11. The molecule has 0 bridgehead atoms. The molecule has 2 aromatic rings. The Kier molecular flexibility index (Phi) is 4.30. The molecule has 0 amide bonds. The second-order valence-corrected chi connectivity index (χ2v) is 8.51. The van der Waals surface area contributed by atoms with Gasteiger partial charge < -0.3 is 4.74 Å². The molecule has 0 N–H and O–H groups in total. The molecule has 0 radical (unpaired) electrons. The first-order valence-corrected chi connectivity index (χ1v) is 9.53. The van der Waals surface area contributed by atoms with Crippen molar-refractivity contribution < 1.29 is 8.95 Å². The number of hydrogen-bond donors (Lipinski definition) is 0. The first kappa shape index (κ1) is 14.3. The highest BCUT2D eigenvalue weighted by atomic mass is 32.2. The van der Waals surface area contributed by atoms with E-state index in [4.69, 9.17) is 4.74 Å². The maximum Gasteiger partial charge on any atom is 0.181 e. The van der Waals surface area contributed by atoms with Gasteiger partial charge in [0, 0.05) is 16.9 Å². The van der Waals surface area contributed by atoms with Gasteiger partial charge >= 0.3 is 0 Å². The second-order valence-electron chi connectivity index (χ2n) is 4.79. The third-order valence-electron chi connectivity index (χ3n) is 3.26. The van der Waals surface area contributed by atoms with Crippen LogP contribution in [0.15, 0.2) is 9.72 Å². The molecule has 1 aliphatic rings. The predicted molar refractivity (Wildman–Crippen MR) is 81.7 cm³/mol. The van der Waals surface area contributed by atoms with Crippen LogP contribution in [0.25, 0.3) is 0 Å². The van der Waals surface area contributed by atoms with E-state index >= 15 is 0 Å². The molecule has 7 heteroatoms. The third kappa shape index (κ3) is 3.00. The van der Waals surface area contributed by atoms with Gasteiger partial charge in [-0.1, -0.05) is 0 Å². The van der Waals surface area contributed by atoms with E-state index in [0.717, 1.165) is 40.7 Å². The Hall–Kier alpha value is -0.630. The molecule has 20 heavy (non-hydrogen) atoms. The maximum absolute atomic E-state index is 12.3. The summed E-state index contributed by atoms with van der Waals surface area (Å²) in [5.41, 5.74) is 1.85. The number of rotatable bonds is 4. The van der Waals surface area contributed by atoms with Gasteiger partial charge in [-0.2, -0.15) is 0 Å². The normalized spacial score (nSPS) is 20.4. The summed E-state index contributed by atoms with van der Waals surface area (Å²) >= 11 is 3.12. The minimum atomic E-state index is -1.10. The molecule has 1 saturated heterocycles. The number of aryl methyl sites for hydroxylation is 2. The topological polar surface area (TPSA) is 52.1 Å². The Morgan fingerprint density at radius 2 is 2.30 bits per heavy atom. The molecule has 2 unspecified atom stereocenters. The van der Waals surface area contributed by atoms with Crippen LogP contribution in [0.5, 0.6) is 0 Å². The Balaban J connectivity index is 1.69. The molecule has 4 nitrogen and oxygen atoms in total. The van der Waals surface area contributed by atoms with Crippen LogP contribution in [0.2, 0.25) is 0 Å². The maximum atomic E-state index is 12.3. The summed E-state index contributed by atoms with van der Waals surface area (Å²) in [5, 5.41) is 3.00. The Morgan fingerprint density at radius 3 is 2.95 bits per heavy atom. The zero-order valence-corrected chi connectivity index (χ0v) is 13.9. The van der Waals surface area contributed by atoms with Crippen LogP contribution in [0, 0.1) is 13.8 Å². The van der Waals surface area contributed by atoms with Crippen molar-refractivity contribution in [3.63, 3.8) is 0 Å². The molecular weight excluding hydrogens is 312 g/mol. The van der Waals surface area contributed by atoms with Crippen molar-refractivity contribution in [1.29, 1.82) is 0 Å². The highest BCUT2D eigenvalue weighted by molar-refractivity contribution is 7.86. The zero-order chi connectivity index (χ0) is 14.1. The van der Waals surface area contributed by atoms with Gasteiger partial charge in [0.25, 0.3) is 0 Å². The standard InChI is InChI=1S/C13H16N2O2S3/c1-8-9(2)19-13(14-8)20(16)7-10-6-18-12(15-10)11-4-3-5-17-11/h6,11H,3-5,7H2,1-2H3. The van der Waals surface area contributed by atoms with Gasteiger partial charge in [0.05, 0.1) is 27.9 Å². The molecule has 0 aromatic carbocycles. The summed E-state index contributed by atoms with van der Waals surface area (Å²) < 4.78 is 18.6. The predicted octanol–water partition coefficient (Wildman–Crippen LogP) is 3.38. The van der Waals surface area contributed by atoms with Gasteiger partial charge in [-0.3, -0.25) is 4.21 Å². The lowest BCUT2D eigenvalue weighted by Crippen LogP contribution is -1.99. The lowest BCUT2D eigenvalue weighted by molar-refractivity contribution is 0.111. The van der Waals surface area contributed by atoms with E-state index in [1.54, 1.807) is 11.3 Å². The average molecular weight is 328 g/mol. The van der Waals surface area contributed by atoms with E-state index < -0.39 is 10.8 Å². The van der Waals surface area contributed by atoms with Crippen molar-refractivity contribution in [2.45, 2.75) is 42.9 Å². The number of thiazole rings is 2. The minimum Gasteiger partial charge on any atom is -0.371 e. The van der Waals surface area contributed by atoms with Crippen LogP contribution in [0.3, 0.4) is 0 Å². The monoisotopic (exact) mass is 328 g/mol. The molecule has 0 aliphatic carbocycles. The SMILES string of the molecule is Cc1nc(S(=O)Cc2csc(C3CCCO3)n2)sc1C. The molecule has 3 heterocycles. The third-order valence-corrected chi connectivity index (χ3v) is 6.96. The van der Waals surface area contributed by atoms with Crippen molar-refractivity contribution in [3.8, 4) is 0 Å². The van der Waals surface area contributed by atoms with Crippen LogP contribution in [0.4, 0.5) is 0 Å². The second kappa shape index (κ2) is 6.01. The van der Waals surface area contributed by atoms with Gasteiger partial charge in [-0.05, 0) is 26.7 Å². The van der Waals surface area contributed by atoms with Gasteiger partial charge in [0.1, 0.15) is 11.1 Å². The quantitative estimate of drug-likeness (QED) is 0.863. The zero-order valence-electron chi connectivity index (χ0n) is 11.4. The summed E-state index contributed by atoms with van der Waals surface area (Å²) in [6.07, 6.45) is 2.29.